The van der Waals surface area contributed by atoms with E-state index in [2.05, 4.69) is 14.9 Å². The van der Waals surface area contributed by atoms with Crippen molar-refractivity contribution in [1.82, 2.24) is 24.5 Å². The number of fused-ring (bicyclic) bond motifs is 1. The van der Waals surface area contributed by atoms with Gasteiger partial charge in [-0.25, -0.2) is 14.1 Å². The van der Waals surface area contributed by atoms with Gasteiger partial charge in [0, 0.05) is 11.3 Å². The number of methoxy groups -OCH3 is 1. The Kier molecular flexibility index (Phi) is 5.48. The molecule has 0 fully saturated rings. The summed E-state index contributed by atoms with van der Waals surface area (Å²) in [4.78, 5) is 4.82. The van der Waals surface area contributed by atoms with Gasteiger partial charge in [0.2, 0.25) is 0 Å². The van der Waals surface area contributed by atoms with Crippen LogP contribution < -0.4 is 9.47 Å². The fraction of sp³-hybridized carbons (Fsp3) is 0.160. The summed E-state index contributed by atoms with van der Waals surface area (Å²) >= 11 is 0. The first-order valence-electron chi connectivity index (χ1n) is 10.6. The van der Waals surface area contributed by atoms with Crippen LogP contribution in [0, 0.1) is 5.82 Å². The molecule has 0 atom stereocenters. The van der Waals surface area contributed by atoms with Gasteiger partial charge in [0.1, 0.15) is 23.8 Å². The third kappa shape index (κ3) is 4.03. The molecular formula is C25H22FN5O2. The van der Waals surface area contributed by atoms with Crippen molar-refractivity contribution in [3.05, 3.63) is 84.6 Å². The highest BCUT2D eigenvalue weighted by Gasteiger charge is 2.15. The smallest absolute Gasteiger partial charge is 0.165 e. The molecule has 7 nitrogen and oxygen atoms in total. The maximum absolute atomic E-state index is 14.3. The summed E-state index contributed by atoms with van der Waals surface area (Å²) < 4.78 is 28.6. The van der Waals surface area contributed by atoms with Crippen LogP contribution in [0.3, 0.4) is 0 Å². The van der Waals surface area contributed by atoms with Crippen LogP contribution in [0.4, 0.5) is 4.39 Å². The van der Waals surface area contributed by atoms with Gasteiger partial charge >= 0.3 is 0 Å². The molecule has 33 heavy (non-hydrogen) atoms. The van der Waals surface area contributed by atoms with Crippen molar-refractivity contribution in [2.75, 3.05) is 13.7 Å². The second-order valence-corrected chi connectivity index (χ2v) is 7.43. The highest BCUT2D eigenvalue weighted by Crippen LogP contribution is 2.26. The molecular weight excluding hydrogens is 421 g/mol. The number of halogens is 1. The number of para-hydroxylation sites is 2. The Balaban J connectivity index is 1.49. The maximum atomic E-state index is 14.3. The second kappa shape index (κ2) is 8.74. The van der Waals surface area contributed by atoms with Gasteiger partial charge < -0.3 is 9.47 Å². The molecule has 0 saturated heterocycles. The van der Waals surface area contributed by atoms with E-state index in [1.165, 1.54) is 6.07 Å². The number of rotatable bonds is 7. The average Bonchev–Trinajstić information content (AvgIpc) is 3.45. The molecule has 0 bridgehead atoms. The molecule has 5 rings (SSSR count). The van der Waals surface area contributed by atoms with E-state index in [-0.39, 0.29) is 5.75 Å². The predicted molar refractivity (Wildman–Crippen MR) is 123 cm³/mol. The molecule has 0 spiro atoms. The Morgan fingerprint density at radius 1 is 1.00 bits per heavy atom. The van der Waals surface area contributed by atoms with Crippen molar-refractivity contribution < 1.29 is 13.9 Å². The number of hydrogen-bond acceptors (Lipinski definition) is 5. The number of imidazole rings is 1. The lowest BCUT2D eigenvalue weighted by Gasteiger charge is -2.10. The van der Waals surface area contributed by atoms with E-state index in [0.29, 0.717) is 24.4 Å². The van der Waals surface area contributed by atoms with Gasteiger partial charge in [0.25, 0.3) is 0 Å². The summed E-state index contributed by atoms with van der Waals surface area (Å²) in [5.74, 6) is 1.39. The maximum Gasteiger partial charge on any atom is 0.165 e. The molecule has 5 aromatic rings. The van der Waals surface area contributed by atoms with Crippen LogP contribution in [-0.2, 0) is 6.54 Å². The first kappa shape index (κ1) is 20.7. The number of benzene rings is 3. The fourth-order valence-corrected chi connectivity index (χ4v) is 3.79. The molecule has 0 radical (unpaired) electrons. The third-order valence-corrected chi connectivity index (χ3v) is 5.33. The fourth-order valence-electron chi connectivity index (χ4n) is 3.79. The molecule has 0 aliphatic carbocycles. The topological polar surface area (TPSA) is 67.0 Å². The quantitative estimate of drug-likeness (QED) is 0.359. The highest BCUT2D eigenvalue weighted by molar-refractivity contribution is 5.78. The third-order valence-electron chi connectivity index (χ3n) is 5.33. The lowest BCUT2D eigenvalue weighted by Crippen LogP contribution is -2.08. The minimum absolute atomic E-state index is 0.224. The molecule has 8 heteroatoms. The molecule has 0 aliphatic heterocycles. The minimum Gasteiger partial charge on any atom is -0.497 e. The molecule has 166 valence electrons. The van der Waals surface area contributed by atoms with Crippen LogP contribution >= 0.6 is 0 Å². The van der Waals surface area contributed by atoms with E-state index >= 15 is 0 Å². The van der Waals surface area contributed by atoms with Crippen molar-refractivity contribution in [2.24, 2.45) is 0 Å². The summed E-state index contributed by atoms with van der Waals surface area (Å²) in [7, 11) is 1.64. The average molecular weight is 443 g/mol. The van der Waals surface area contributed by atoms with Gasteiger partial charge in [-0.15, -0.1) is 5.10 Å². The van der Waals surface area contributed by atoms with E-state index in [0.717, 1.165) is 28.3 Å². The van der Waals surface area contributed by atoms with Crippen molar-refractivity contribution in [1.29, 1.82) is 0 Å². The molecule has 2 aromatic heterocycles. The Bertz CT molecular complexity index is 1410. The Labute approximate surface area is 190 Å². The van der Waals surface area contributed by atoms with Crippen LogP contribution in [0.2, 0.25) is 0 Å². The zero-order valence-corrected chi connectivity index (χ0v) is 18.3. The first-order valence-corrected chi connectivity index (χ1v) is 10.6. The van der Waals surface area contributed by atoms with Crippen LogP contribution in [0.5, 0.6) is 11.5 Å². The van der Waals surface area contributed by atoms with Crippen LogP contribution in [-0.4, -0.2) is 38.3 Å². The molecule has 3 aromatic carbocycles. The van der Waals surface area contributed by atoms with Crippen LogP contribution in [0.1, 0.15) is 12.7 Å². The van der Waals surface area contributed by atoms with Gasteiger partial charge in [-0.2, -0.15) is 0 Å². The van der Waals surface area contributed by atoms with Crippen LogP contribution in [0.25, 0.3) is 28.0 Å². The summed E-state index contributed by atoms with van der Waals surface area (Å²) in [6.07, 6.45) is 1.78. The molecule has 0 amide bonds. The number of hydrogen-bond donors (Lipinski definition) is 0. The van der Waals surface area contributed by atoms with E-state index in [1.807, 2.05) is 55.5 Å². The van der Waals surface area contributed by atoms with E-state index in [1.54, 1.807) is 30.1 Å². The molecule has 0 N–H and O–H groups in total. The van der Waals surface area contributed by atoms with E-state index < -0.39 is 5.82 Å². The summed E-state index contributed by atoms with van der Waals surface area (Å²) in [6, 6.07) is 20.6. The number of aromatic nitrogens is 5. The lowest BCUT2D eigenvalue weighted by atomic mass is 10.1. The van der Waals surface area contributed by atoms with E-state index in [4.69, 9.17) is 14.5 Å². The highest BCUT2D eigenvalue weighted by atomic mass is 19.1. The number of nitrogens with zero attached hydrogens (tertiary/aromatic N) is 5. The monoisotopic (exact) mass is 443 g/mol. The van der Waals surface area contributed by atoms with Gasteiger partial charge in [0.15, 0.2) is 11.6 Å². The Morgan fingerprint density at radius 2 is 1.82 bits per heavy atom. The SMILES string of the molecule is CCOc1ccc(-c2cn(Cc3nc4ccccc4n3-c3ccc(OC)cc3)nn2)cc1F. The molecule has 0 unspecified atom stereocenters. The Morgan fingerprint density at radius 3 is 2.58 bits per heavy atom. The first-order chi connectivity index (χ1) is 16.2. The predicted octanol–water partition coefficient (Wildman–Crippen LogP) is 4.88. The van der Waals surface area contributed by atoms with Crippen molar-refractivity contribution >= 4 is 11.0 Å². The van der Waals surface area contributed by atoms with Gasteiger partial charge in [-0.05, 0) is 61.5 Å². The van der Waals surface area contributed by atoms with Crippen molar-refractivity contribution in [3.63, 3.8) is 0 Å². The molecule has 0 aliphatic rings. The zero-order chi connectivity index (χ0) is 22.8. The van der Waals surface area contributed by atoms with Gasteiger partial charge in [-0.3, -0.25) is 4.57 Å². The summed E-state index contributed by atoms with van der Waals surface area (Å²) in [5.41, 5.74) is 4.05. The minimum atomic E-state index is -0.426. The van der Waals surface area contributed by atoms with Crippen molar-refractivity contribution in [3.8, 4) is 28.4 Å². The van der Waals surface area contributed by atoms with Gasteiger partial charge in [0.05, 0.1) is 30.9 Å². The number of ether oxygens (including phenoxy) is 2. The Hall–Kier alpha value is -4.20. The zero-order valence-electron chi connectivity index (χ0n) is 18.3. The van der Waals surface area contributed by atoms with Crippen molar-refractivity contribution in [2.45, 2.75) is 13.5 Å². The van der Waals surface area contributed by atoms with Gasteiger partial charge in [-0.1, -0.05) is 17.3 Å². The summed E-state index contributed by atoms with van der Waals surface area (Å²) in [6.45, 7) is 2.62. The second-order valence-electron chi connectivity index (χ2n) is 7.43. The van der Waals surface area contributed by atoms with E-state index in [9.17, 15) is 4.39 Å². The lowest BCUT2D eigenvalue weighted by molar-refractivity contribution is 0.321. The largest absolute Gasteiger partial charge is 0.497 e. The molecule has 2 heterocycles. The summed E-state index contributed by atoms with van der Waals surface area (Å²) in [5, 5.41) is 8.48. The normalized spacial score (nSPS) is 11.1. The standard InChI is InChI=1S/C25H22FN5O2/c1-3-33-24-13-8-17(14-20(24)26)22-15-30(29-28-22)16-25-27-21-6-4-5-7-23(21)31(25)18-9-11-19(32-2)12-10-18/h4-15H,3,16H2,1-2H3. The van der Waals surface area contributed by atoms with Crippen LogP contribution in [0.15, 0.2) is 72.9 Å². The molecule has 0 saturated carbocycles.